The summed E-state index contributed by atoms with van der Waals surface area (Å²) in [5.41, 5.74) is 2.18. The Hall–Kier alpha value is -4.44. The maximum absolute atomic E-state index is 13.1. The van der Waals surface area contributed by atoms with E-state index in [1.54, 1.807) is 61.7 Å². The van der Waals surface area contributed by atoms with Crippen molar-refractivity contribution < 1.29 is 19.1 Å². The quantitative estimate of drug-likeness (QED) is 0.277. The molecule has 0 spiro atoms. The van der Waals surface area contributed by atoms with Gasteiger partial charge in [0, 0.05) is 22.3 Å². The van der Waals surface area contributed by atoms with Crippen molar-refractivity contribution in [3.05, 3.63) is 89.0 Å². The Morgan fingerprint density at radius 3 is 2.34 bits per heavy atom. The molecule has 4 aromatic rings. The Labute approximate surface area is 204 Å². The SMILES string of the molecule is COc1ccc(-c2nnc(SCC(=O)Nc3cccc4c3C(=O)c3ccccc3C4=O)n2N)cc1. The number of aromatic nitrogens is 3. The van der Waals surface area contributed by atoms with Crippen molar-refractivity contribution in [2.75, 3.05) is 24.0 Å². The van der Waals surface area contributed by atoms with Crippen LogP contribution < -0.4 is 15.9 Å². The molecule has 5 rings (SSSR count). The lowest BCUT2D eigenvalue weighted by atomic mass is 9.83. The molecule has 0 saturated heterocycles. The molecule has 0 bridgehead atoms. The van der Waals surface area contributed by atoms with Crippen molar-refractivity contribution in [3.8, 4) is 17.1 Å². The first-order chi connectivity index (χ1) is 17.0. The molecule has 174 valence electrons. The molecule has 0 fully saturated rings. The molecule has 0 radical (unpaired) electrons. The van der Waals surface area contributed by atoms with Crippen LogP contribution in [0.25, 0.3) is 11.4 Å². The number of rotatable bonds is 6. The molecule has 1 aromatic heterocycles. The lowest BCUT2D eigenvalue weighted by molar-refractivity contribution is -0.113. The number of nitrogens with two attached hydrogens (primary N) is 1. The summed E-state index contributed by atoms with van der Waals surface area (Å²) in [6.45, 7) is 0. The molecule has 1 heterocycles. The second kappa shape index (κ2) is 9.07. The third kappa shape index (κ3) is 4.04. The molecule has 0 atom stereocenters. The van der Waals surface area contributed by atoms with Crippen molar-refractivity contribution in [2.45, 2.75) is 5.16 Å². The smallest absolute Gasteiger partial charge is 0.234 e. The molecule has 0 saturated carbocycles. The van der Waals surface area contributed by atoms with Crippen molar-refractivity contribution in [2.24, 2.45) is 0 Å². The van der Waals surface area contributed by atoms with E-state index in [2.05, 4.69) is 15.5 Å². The third-order valence-corrected chi connectivity index (χ3v) is 6.51. The van der Waals surface area contributed by atoms with E-state index >= 15 is 0 Å². The van der Waals surface area contributed by atoms with Crippen molar-refractivity contribution in [1.29, 1.82) is 0 Å². The highest BCUT2D eigenvalue weighted by molar-refractivity contribution is 7.99. The molecule has 10 heteroatoms. The van der Waals surface area contributed by atoms with E-state index in [1.165, 1.54) is 4.68 Å². The number of thioether (sulfide) groups is 1. The number of amides is 1. The number of hydrogen-bond acceptors (Lipinski definition) is 8. The number of benzene rings is 3. The van der Waals surface area contributed by atoms with Gasteiger partial charge < -0.3 is 15.9 Å². The Morgan fingerprint density at radius 2 is 1.63 bits per heavy atom. The zero-order valence-corrected chi connectivity index (χ0v) is 19.3. The van der Waals surface area contributed by atoms with E-state index in [-0.39, 0.29) is 40.0 Å². The number of anilines is 1. The summed E-state index contributed by atoms with van der Waals surface area (Å²) in [6, 6.07) is 18.7. The summed E-state index contributed by atoms with van der Waals surface area (Å²) in [5.74, 6) is 6.33. The highest BCUT2D eigenvalue weighted by Gasteiger charge is 2.31. The van der Waals surface area contributed by atoms with Crippen LogP contribution in [0.1, 0.15) is 31.8 Å². The van der Waals surface area contributed by atoms with Gasteiger partial charge in [0.05, 0.1) is 24.1 Å². The van der Waals surface area contributed by atoms with E-state index in [4.69, 9.17) is 10.6 Å². The van der Waals surface area contributed by atoms with Gasteiger partial charge in [-0.25, -0.2) is 4.68 Å². The summed E-state index contributed by atoms with van der Waals surface area (Å²) in [7, 11) is 1.58. The first-order valence-electron chi connectivity index (χ1n) is 10.6. The Kier molecular flexibility index (Phi) is 5.79. The molecule has 3 aromatic carbocycles. The highest BCUT2D eigenvalue weighted by atomic mass is 32.2. The average Bonchev–Trinajstić information content (AvgIpc) is 3.26. The van der Waals surface area contributed by atoms with E-state index in [1.807, 2.05) is 12.1 Å². The maximum Gasteiger partial charge on any atom is 0.234 e. The third-order valence-electron chi connectivity index (χ3n) is 5.57. The minimum Gasteiger partial charge on any atom is -0.497 e. The number of ether oxygens (including phenoxy) is 1. The summed E-state index contributed by atoms with van der Waals surface area (Å²) in [4.78, 5) is 38.7. The fourth-order valence-electron chi connectivity index (χ4n) is 3.88. The monoisotopic (exact) mass is 485 g/mol. The van der Waals surface area contributed by atoms with Gasteiger partial charge >= 0.3 is 0 Å². The first-order valence-corrected chi connectivity index (χ1v) is 11.6. The number of carbonyl (C=O) groups is 3. The second-order valence-electron chi connectivity index (χ2n) is 7.67. The van der Waals surface area contributed by atoms with E-state index in [9.17, 15) is 14.4 Å². The van der Waals surface area contributed by atoms with Crippen LogP contribution >= 0.6 is 11.8 Å². The Morgan fingerprint density at radius 1 is 0.943 bits per heavy atom. The first kappa shape index (κ1) is 22.4. The van der Waals surface area contributed by atoms with Crippen LogP contribution in [0.5, 0.6) is 5.75 Å². The zero-order valence-electron chi connectivity index (χ0n) is 18.5. The number of fused-ring (bicyclic) bond motifs is 2. The van der Waals surface area contributed by atoms with Gasteiger partial charge in [-0.1, -0.05) is 48.2 Å². The van der Waals surface area contributed by atoms with Gasteiger partial charge in [0.1, 0.15) is 5.75 Å². The standard InChI is InChI=1S/C25H19N5O4S/c1-34-15-11-9-14(10-12-15)24-28-29-25(30(24)26)35-13-20(31)27-19-8-4-7-18-21(19)23(33)17-6-3-2-5-16(17)22(18)32/h2-12H,13,26H2,1H3,(H,27,31). The second-order valence-corrected chi connectivity index (χ2v) is 8.62. The molecule has 1 amide bonds. The molecular weight excluding hydrogens is 466 g/mol. The minimum absolute atomic E-state index is 0.0274. The molecule has 9 nitrogen and oxygen atoms in total. The topological polar surface area (TPSA) is 129 Å². The number of nitrogen functional groups attached to an aromatic ring is 1. The van der Waals surface area contributed by atoms with E-state index in [0.717, 1.165) is 17.3 Å². The van der Waals surface area contributed by atoms with Gasteiger partial charge in [-0.05, 0) is 30.3 Å². The molecular formula is C25H19N5O4S. The summed E-state index contributed by atoms with van der Waals surface area (Å²) in [6.07, 6.45) is 0. The van der Waals surface area contributed by atoms with Crippen LogP contribution in [0.3, 0.4) is 0 Å². The largest absolute Gasteiger partial charge is 0.497 e. The fourth-order valence-corrected chi connectivity index (χ4v) is 4.53. The number of nitrogens with zero attached hydrogens (tertiary/aromatic N) is 3. The van der Waals surface area contributed by atoms with Gasteiger partial charge in [-0.15, -0.1) is 10.2 Å². The lowest BCUT2D eigenvalue weighted by Crippen LogP contribution is -2.24. The number of carbonyl (C=O) groups excluding carboxylic acids is 3. The summed E-state index contributed by atoms with van der Waals surface area (Å²) >= 11 is 1.10. The molecule has 1 aliphatic carbocycles. The van der Waals surface area contributed by atoms with Gasteiger partial charge in [0.25, 0.3) is 0 Å². The molecule has 0 aliphatic heterocycles. The van der Waals surface area contributed by atoms with Crippen molar-refractivity contribution in [3.63, 3.8) is 0 Å². The number of methoxy groups -OCH3 is 1. The number of ketones is 2. The van der Waals surface area contributed by atoms with Crippen LogP contribution in [0.15, 0.2) is 71.9 Å². The highest BCUT2D eigenvalue weighted by Crippen LogP contribution is 2.32. The number of hydrogen-bond donors (Lipinski definition) is 2. The van der Waals surface area contributed by atoms with Crippen LogP contribution in [-0.4, -0.2) is 45.2 Å². The summed E-state index contributed by atoms with van der Waals surface area (Å²) < 4.78 is 6.47. The van der Waals surface area contributed by atoms with Crippen molar-refractivity contribution >= 4 is 34.9 Å². The van der Waals surface area contributed by atoms with Crippen LogP contribution in [0, 0.1) is 0 Å². The molecule has 3 N–H and O–H groups in total. The maximum atomic E-state index is 13.1. The predicted octanol–water partition coefficient (Wildman–Crippen LogP) is 3.17. The van der Waals surface area contributed by atoms with Crippen molar-refractivity contribution in [1.82, 2.24) is 14.9 Å². The van der Waals surface area contributed by atoms with Gasteiger partial charge in [-0.2, -0.15) is 0 Å². The minimum atomic E-state index is -0.378. The Balaban J connectivity index is 1.31. The zero-order chi connectivity index (χ0) is 24.5. The molecule has 1 aliphatic rings. The van der Waals surface area contributed by atoms with Gasteiger partial charge in [-0.3, -0.25) is 14.4 Å². The lowest BCUT2D eigenvalue weighted by Gasteiger charge is -2.20. The van der Waals surface area contributed by atoms with Crippen LogP contribution in [0.2, 0.25) is 0 Å². The predicted molar refractivity (Wildman–Crippen MR) is 131 cm³/mol. The van der Waals surface area contributed by atoms with E-state index in [0.29, 0.717) is 27.9 Å². The van der Waals surface area contributed by atoms with Crippen LogP contribution in [0.4, 0.5) is 5.69 Å². The van der Waals surface area contributed by atoms with E-state index < -0.39 is 0 Å². The van der Waals surface area contributed by atoms with Gasteiger partial charge in [0.15, 0.2) is 17.4 Å². The average molecular weight is 486 g/mol. The Bertz CT molecular complexity index is 1480. The number of nitrogens with one attached hydrogen (secondary N) is 1. The normalized spacial score (nSPS) is 12.1. The van der Waals surface area contributed by atoms with Gasteiger partial charge in [0.2, 0.25) is 11.1 Å². The summed E-state index contributed by atoms with van der Waals surface area (Å²) in [5, 5.41) is 11.3. The molecule has 0 unspecified atom stereocenters. The fraction of sp³-hybridized carbons (Fsp3) is 0.0800. The van der Waals surface area contributed by atoms with Crippen LogP contribution in [-0.2, 0) is 4.79 Å². The molecule has 35 heavy (non-hydrogen) atoms.